The van der Waals surface area contributed by atoms with Gasteiger partial charge in [0, 0.05) is 31.9 Å². The van der Waals surface area contributed by atoms with Crippen molar-refractivity contribution in [1.82, 2.24) is 14.2 Å². The van der Waals surface area contributed by atoms with E-state index in [2.05, 4.69) is 4.98 Å². The van der Waals surface area contributed by atoms with Gasteiger partial charge in [0.25, 0.3) is 0 Å². The van der Waals surface area contributed by atoms with Crippen LogP contribution < -0.4 is 11.3 Å². The number of nitrogens with zero attached hydrogens (tertiary/aromatic N) is 2. The Morgan fingerprint density at radius 2 is 2.00 bits per heavy atom. The molecule has 1 fully saturated rings. The minimum absolute atomic E-state index is 0.0606. The number of nitrogens with two attached hydrogens (primary N) is 1. The normalized spacial score (nSPS) is 18.3. The standard InChI is InChI=1S/C12H18N4O4S/c13-11(17)9-15-4-1-5-16(7-6-15)21(19,20)10-2-3-12(18)14-8-10/h2-3,8H,1,4-7,9H2,(H2,13,17)(H,14,18). The van der Waals surface area contributed by atoms with Gasteiger partial charge in [0.2, 0.25) is 21.5 Å². The lowest BCUT2D eigenvalue weighted by Crippen LogP contribution is -2.38. The first-order valence-electron chi connectivity index (χ1n) is 6.59. The maximum Gasteiger partial charge on any atom is 0.247 e. The number of aromatic amines is 1. The number of pyridine rings is 1. The third-order valence-electron chi connectivity index (χ3n) is 3.32. The van der Waals surface area contributed by atoms with Crippen LogP contribution in [0.15, 0.2) is 28.0 Å². The number of rotatable bonds is 4. The lowest BCUT2D eigenvalue weighted by Gasteiger charge is -2.20. The molecule has 1 aliphatic rings. The molecule has 0 bridgehead atoms. The molecule has 0 radical (unpaired) electrons. The number of carbonyl (C=O) groups excluding carboxylic acids is 1. The fourth-order valence-electron chi connectivity index (χ4n) is 2.27. The van der Waals surface area contributed by atoms with Crippen molar-refractivity contribution in [1.29, 1.82) is 0 Å². The molecular weight excluding hydrogens is 296 g/mol. The van der Waals surface area contributed by atoms with Crippen LogP contribution in [0, 0.1) is 0 Å². The molecule has 0 atom stereocenters. The van der Waals surface area contributed by atoms with E-state index < -0.39 is 15.9 Å². The Morgan fingerprint density at radius 3 is 2.62 bits per heavy atom. The maximum absolute atomic E-state index is 12.5. The van der Waals surface area contributed by atoms with E-state index in [4.69, 9.17) is 5.73 Å². The predicted molar refractivity (Wildman–Crippen MR) is 76.1 cm³/mol. The molecule has 0 aromatic carbocycles. The third kappa shape index (κ3) is 3.90. The zero-order valence-corrected chi connectivity index (χ0v) is 12.3. The highest BCUT2D eigenvalue weighted by Crippen LogP contribution is 2.15. The number of sulfonamides is 1. The summed E-state index contributed by atoms with van der Waals surface area (Å²) in [7, 11) is -3.63. The number of amides is 1. The van der Waals surface area contributed by atoms with Gasteiger partial charge in [-0.15, -0.1) is 0 Å². The molecule has 0 aliphatic carbocycles. The van der Waals surface area contributed by atoms with Crippen LogP contribution in [-0.2, 0) is 14.8 Å². The molecule has 1 aliphatic heterocycles. The van der Waals surface area contributed by atoms with Crippen LogP contribution >= 0.6 is 0 Å². The molecule has 1 aromatic heterocycles. The predicted octanol–water partition coefficient (Wildman–Crippen LogP) is -1.44. The summed E-state index contributed by atoms with van der Waals surface area (Å²) in [6.45, 7) is 1.87. The lowest BCUT2D eigenvalue weighted by atomic mass is 10.4. The average Bonchev–Trinajstić information content (AvgIpc) is 2.64. The van der Waals surface area contributed by atoms with Crippen LogP contribution in [-0.4, -0.2) is 61.2 Å². The number of hydrogen-bond acceptors (Lipinski definition) is 5. The van der Waals surface area contributed by atoms with E-state index in [0.717, 1.165) is 0 Å². The van der Waals surface area contributed by atoms with Crippen molar-refractivity contribution in [2.75, 3.05) is 32.7 Å². The molecule has 1 amide bonds. The van der Waals surface area contributed by atoms with E-state index in [0.29, 0.717) is 26.1 Å². The minimum Gasteiger partial charge on any atom is -0.369 e. The highest BCUT2D eigenvalue weighted by atomic mass is 32.2. The highest BCUT2D eigenvalue weighted by Gasteiger charge is 2.27. The molecule has 2 rings (SSSR count). The summed E-state index contributed by atoms with van der Waals surface area (Å²) >= 11 is 0. The second-order valence-electron chi connectivity index (χ2n) is 4.89. The second-order valence-corrected chi connectivity index (χ2v) is 6.83. The van der Waals surface area contributed by atoms with Gasteiger partial charge in [-0.3, -0.25) is 14.5 Å². The van der Waals surface area contributed by atoms with Gasteiger partial charge < -0.3 is 10.7 Å². The monoisotopic (exact) mass is 314 g/mol. The first-order chi connectivity index (χ1) is 9.89. The van der Waals surface area contributed by atoms with Gasteiger partial charge in [0.15, 0.2) is 0 Å². The Hall–Kier alpha value is -1.71. The van der Waals surface area contributed by atoms with Crippen molar-refractivity contribution in [2.24, 2.45) is 5.73 Å². The van der Waals surface area contributed by atoms with Crippen molar-refractivity contribution < 1.29 is 13.2 Å². The Balaban J connectivity index is 2.12. The van der Waals surface area contributed by atoms with Crippen LogP contribution in [0.25, 0.3) is 0 Å². The largest absolute Gasteiger partial charge is 0.369 e. The van der Waals surface area contributed by atoms with Gasteiger partial charge in [0.1, 0.15) is 0 Å². The van der Waals surface area contributed by atoms with Gasteiger partial charge in [-0.1, -0.05) is 0 Å². The fourth-order valence-corrected chi connectivity index (χ4v) is 3.71. The molecule has 0 saturated carbocycles. The summed E-state index contributed by atoms with van der Waals surface area (Å²) in [6, 6.07) is 2.48. The summed E-state index contributed by atoms with van der Waals surface area (Å²) in [6.07, 6.45) is 1.82. The molecule has 116 valence electrons. The van der Waals surface area contributed by atoms with Crippen molar-refractivity contribution in [3.8, 4) is 0 Å². The molecule has 0 spiro atoms. The van der Waals surface area contributed by atoms with Crippen LogP contribution in [0.3, 0.4) is 0 Å². The molecule has 9 heteroatoms. The summed E-state index contributed by atoms with van der Waals surface area (Å²) < 4.78 is 26.3. The number of aromatic nitrogens is 1. The van der Waals surface area contributed by atoms with Crippen LogP contribution in [0.2, 0.25) is 0 Å². The number of nitrogens with one attached hydrogen (secondary N) is 1. The number of primary amides is 1. The summed E-state index contributed by atoms with van der Waals surface area (Å²) in [5.74, 6) is -0.424. The molecule has 2 heterocycles. The molecule has 1 saturated heterocycles. The van der Waals surface area contributed by atoms with Crippen molar-refractivity contribution in [2.45, 2.75) is 11.3 Å². The smallest absolute Gasteiger partial charge is 0.247 e. The summed E-state index contributed by atoms with van der Waals surface area (Å²) in [5.41, 5.74) is 4.80. The topological polar surface area (TPSA) is 117 Å². The Kier molecular flexibility index (Phi) is 4.76. The van der Waals surface area contributed by atoms with E-state index >= 15 is 0 Å². The van der Waals surface area contributed by atoms with E-state index in [1.165, 1.54) is 22.6 Å². The maximum atomic E-state index is 12.5. The first-order valence-corrected chi connectivity index (χ1v) is 8.03. The summed E-state index contributed by atoms with van der Waals surface area (Å²) in [4.78, 5) is 26.2. The van der Waals surface area contributed by atoms with Gasteiger partial charge in [-0.05, 0) is 19.0 Å². The van der Waals surface area contributed by atoms with Crippen molar-refractivity contribution in [3.63, 3.8) is 0 Å². The fraction of sp³-hybridized carbons (Fsp3) is 0.500. The van der Waals surface area contributed by atoms with Crippen LogP contribution in [0.5, 0.6) is 0 Å². The molecular formula is C12H18N4O4S. The number of carbonyl (C=O) groups is 1. The molecule has 8 nitrogen and oxygen atoms in total. The van der Waals surface area contributed by atoms with Gasteiger partial charge in [0.05, 0.1) is 11.4 Å². The Labute approximate surface area is 122 Å². The molecule has 0 unspecified atom stereocenters. The zero-order valence-electron chi connectivity index (χ0n) is 11.5. The molecule has 3 N–H and O–H groups in total. The lowest BCUT2D eigenvalue weighted by molar-refractivity contribution is -0.119. The van der Waals surface area contributed by atoms with E-state index in [-0.39, 0.29) is 23.5 Å². The number of H-pyrrole nitrogens is 1. The average molecular weight is 314 g/mol. The SMILES string of the molecule is NC(=O)CN1CCCN(S(=O)(=O)c2ccc(=O)[nH]c2)CC1. The van der Waals surface area contributed by atoms with Crippen LogP contribution in [0.4, 0.5) is 0 Å². The van der Waals surface area contributed by atoms with Crippen molar-refractivity contribution >= 4 is 15.9 Å². The van der Waals surface area contributed by atoms with Gasteiger partial charge >= 0.3 is 0 Å². The first kappa shape index (κ1) is 15.7. The van der Waals surface area contributed by atoms with Gasteiger partial charge in [-0.25, -0.2) is 8.42 Å². The number of hydrogen-bond donors (Lipinski definition) is 2. The summed E-state index contributed by atoms with van der Waals surface area (Å²) in [5, 5.41) is 0. The quantitative estimate of drug-likeness (QED) is 0.706. The van der Waals surface area contributed by atoms with Gasteiger partial charge in [-0.2, -0.15) is 4.31 Å². The second kappa shape index (κ2) is 6.37. The minimum atomic E-state index is -3.63. The van der Waals surface area contributed by atoms with Crippen molar-refractivity contribution in [3.05, 3.63) is 28.7 Å². The Bertz CT molecular complexity index is 650. The van der Waals surface area contributed by atoms with E-state index in [9.17, 15) is 18.0 Å². The van der Waals surface area contributed by atoms with E-state index in [1.54, 1.807) is 0 Å². The Morgan fingerprint density at radius 1 is 1.24 bits per heavy atom. The zero-order chi connectivity index (χ0) is 15.5. The highest BCUT2D eigenvalue weighted by molar-refractivity contribution is 7.89. The molecule has 1 aromatic rings. The van der Waals surface area contributed by atoms with E-state index in [1.807, 2.05) is 4.90 Å². The van der Waals surface area contributed by atoms with Crippen LogP contribution in [0.1, 0.15) is 6.42 Å². The molecule has 21 heavy (non-hydrogen) atoms. The third-order valence-corrected chi connectivity index (χ3v) is 5.22.